The summed E-state index contributed by atoms with van der Waals surface area (Å²) in [5, 5.41) is 17.4. The molecule has 5 atom stereocenters. The topological polar surface area (TPSA) is 142 Å². The van der Waals surface area contributed by atoms with E-state index in [-0.39, 0.29) is 36.2 Å². The van der Waals surface area contributed by atoms with Gasteiger partial charge >= 0.3 is 0 Å². The van der Waals surface area contributed by atoms with Gasteiger partial charge in [0.05, 0.1) is 18.2 Å². The second kappa shape index (κ2) is 13.8. The molecule has 10 nitrogen and oxygen atoms in total. The summed E-state index contributed by atoms with van der Waals surface area (Å²) < 4.78 is 19.4. The number of amidine groups is 1. The Balaban J connectivity index is 1.27. The summed E-state index contributed by atoms with van der Waals surface area (Å²) in [4.78, 5) is 35.7. The molecule has 4 rings (SSSR count). The van der Waals surface area contributed by atoms with Gasteiger partial charge in [-0.25, -0.2) is 9.37 Å². The van der Waals surface area contributed by atoms with Crippen molar-refractivity contribution >= 4 is 29.3 Å². The Morgan fingerprint density at radius 2 is 2.15 bits per heavy atom. The highest BCUT2D eigenvalue weighted by Crippen LogP contribution is 2.34. The number of hydrogen-bond acceptors (Lipinski definition) is 7. The van der Waals surface area contributed by atoms with Crippen LogP contribution in [0.25, 0.3) is 5.83 Å². The Kier molecular flexibility index (Phi) is 10.5. The summed E-state index contributed by atoms with van der Waals surface area (Å²) in [5.74, 6) is 0.119. The minimum absolute atomic E-state index is 0.0415. The molecule has 0 aromatic carbocycles. The zero-order valence-electron chi connectivity index (χ0n) is 24.3. The highest BCUT2D eigenvalue weighted by molar-refractivity contribution is 5.97. The van der Waals surface area contributed by atoms with Gasteiger partial charge in [0, 0.05) is 37.9 Å². The second-order valence-corrected chi connectivity index (χ2v) is 12.3. The molecule has 0 bridgehead atoms. The van der Waals surface area contributed by atoms with Crippen LogP contribution in [-0.4, -0.2) is 78.3 Å². The maximum Gasteiger partial charge on any atom is 0.270 e. The first-order valence-corrected chi connectivity index (χ1v) is 14.8. The molecule has 0 aliphatic carbocycles. The van der Waals surface area contributed by atoms with Crippen LogP contribution in [0.5, 0.6) is 0 Å². The third-order valence-electron chi connectivity index (χ3n) is 8.62. The molecule has 2 amide bonds. The van der Waals surface area contributed by atoms with Crippen LogP contribution in [0.15, 0.2) is 29.9 Å². The minimum Gasteiger partial charge on any atom is -0.392 e. The fraction of sp³-hybridized carbons (Fsp3) is 0.667. The van der Waals surface area contributed by atoms with Gasteiger partial charge in [0.2, 0.25) is 5.91 Å². The molecule has 226 valence electrons. The van der Waals surface area contributed by atoms with Gasteiger partial charge in [-0.2, -0.15) is 4.99 Å². The number of aliphatic hydroxyl groups is 1. The molecular formula is C30H45FN6O4. The van der Waals surface area contributed by atoms with E-state index >= 15 is 0 Å². The molecule has 5 unspecified atom stereocenters. The van der Waals surface area contributed by atoms with Crippen LogP contribution in [0.4, 0.5) is 10.2 Å². The normalized spacial score (nSPS) is 26.1. The van der Waals surface area contributed by atoms with Crippen LogP contribution in [0.2, 0.25) is 0 Å². The molecule has 41 heavy (non-hydrogen) atoms. The molecule has 0 spiro atoms. The number of nitrogens with two attached hydrogens (primary N) is 1. The van der Waals surface area contributed by atoms with Gasteiger partial charge in [-0.3, -0.25) is 9.59 Å². The van der Waals surface area contributed by atoms with Crippen molar-refractivity contribution in [3.05, 3.63) is 30.5 Å². The number of carbonyl (C=O) groups excluding carboxylic acids is 2. The summed E-state index contributed by atoms with van der Waals surface area (Å²) in [7, 11) is 0. The molecule has 1 aromatic rings. The maximum absolute atomic E-state index is 13.4. The van der Waals surface area contributed by atoms with Gasteiger partial charge in [0.25, 0.3) is 5.91 Å². The maximum atomic E-state index is 13.4. The Hall–Kier alpha value is -2.89. The van der Waals surface area contributed by atoms with Crippen molar-refractivity contribution in [3.63, 3.8) is 0 Å². The summed E-state index contributed by atoms with van der Waals surface area (Å²) in [6, 6.07) is 2.66. The van der Waals surface area contributed by atoms with Gasteiger partial charge in [0.1, 0.15) is 23.5 Å². The molecule has 4 heterocycles. The lowest BCUT2D eigenvalue weighted by Crippen LogP contribution is -2.44. The van der Waals surface area contributed by atoms with Crippen molar-refractivity contribution in [1.29, 1.82) is 0 Å². The first kappa shape index (κ1) is 31.1. The zero-order chi connectivity index (χ0) is 29.6. The lowest BCUT2D eigenvalue weighted by atomic mass is 9.77. The SMILES string of the molecule is C=C(F)c1ccc(N2CCCC2C(=O)N=C(N)CC(O)C(C)(C)CC2CC(CNC(=O)C3CCCN3)CCO2)nc1. The van der Waals surface area contributed by atoms with Crippen LogP contribution in [-0.2, 0) is 14.3 Å². The van der Waals surface area contributed by atoms with Crippen LogP contribution < -0.4 is 21.3 Å². The predicted octanol–water partition coefficient (Wildman–Crippen LogP) is 2.71. The van der Waals surface area contributed by atoms with E-state index in [1.165, 1.54) is 6.20 Å². The summed E-state index contributed by atoms with van der Waals surface area (Å²) in [6.45, 7) is 9.99. The second-order valence-electron chi connectivity index (χ2n) is 12.3. The lowest BCUT2D eigenvalue weighted by molar-refractivity contribution is -0.123. The Morgan fingerprint density at radius 1 is 1.34 bits per heavy atom. The number of aromatic nitrogens is 1. The van der Waals surface area contributed by atoms with Crippen molar-refractivity contribution < 1.29 is 23.8 Å². The Morgan fingerprint density at radius 3 is 2.83 bits per heavy atom. The highest BCUT2D eigenvalue weighted by Gasteiger charge is 2.36. The van der Waals surface area contributed by atoms with Gasteiger partial charge in [-0.15, -0.1) is 0 Å². The molecule has 3 aliphatic heterocycles. The fourth-order valence-electron chi connectivity index (χ4n) is 6.04. The Labute approximate surface area is 242 Å². The molecule has 1 aromatic heterocycles. The monoisotopic (exact) mass is 572 g/mol. The fourth-order valence-corrected chi connectivity index (χ4v) is 6.04. The number of aliphatic imine (C=N–C) groups is 1. The number of nitrogens with one attached hydrogen (secondary N) is 2. The van der Waals surface area contributed by atoms with Crippen LogP contribution in [0.3, 0.4) is 0 Å². The highest BCUT2D eigenvalue weighted by atomic mass is 19.1. The van der Waals surface area contributed by atoms with E-state index in [2.05, 4.69) is 27.2 Å². The van der Waals surface area contributed by atoms with Crippen molar-refractivity contribution in [3.8, 4) is 0 Å². The van der Waals surface area contributed by atoms with E-state index in [0.29, 0.717) is 49.8 Å². The molecule has 3 aliphatic rings. The summed E-state index contributed by atoms with van der Waals surface area (Å²) >= 11 is 0. The average Bonchev–Trinajstić information content (AvgIpc) is 3.65. The molecule has 0 radical (unpaired) electrons. The number of halogens is 1. The molecule has 11 heteroatoms. The van der Waals surface area contributed by atoms with Gasteiger partial charge in [0.15, 0.2) is 0 Å². The first-order valence-electron chi connectivity index (χ1n) is 14.8. The van der Waals surface area contributed by atoms with Crippen LogP contribution in [0.1, 0.15) is 70.8 Å². The average molecular weight is 573 g/mol. The van der Waals surface area contributed by atoms with Gasteiger partial charge < -0.3 is 31.1 Å². The van der Waals surface area contributed by atoms with Crippen molar-refractivity contribution in [2.24, 2.45) is 22.1 Å². The summed E-state index contributed by atoms with van der Waals surface area (Å²) in [5.41, 5.74) is 5.93. The summed E-state index contributed by atoms with van der Waals surface area (Å²) in [6.07, 6.45) is 6.24. The van der Waals surface area contributed by atoms with E-state index in [4.69, 9.17) is 10.5 Å². The van der Waals surface area contributed by atoms with E-state index in [1.54, 1.807) is 12.1 Å². The zero-order valence-corrected chi connectivity index (χ0v) is 24.3. The number of hydrogen-bond donors (Lipinski definition) is 4. The van der Waals surface area contributed by atoms with Crippen LogP contribution >= 0.6 is 0 Å². The number of pyridine rings is 1. The van der Waals surface area contributed by atoms with Gasteiger partial charge in [-0.05, 0) is 75.0 Å². The number of carbonyl (C=O) groups is 2. The molecule has 3 saturated heterocycles. The molecule has 3 fully saturated rings. The standard InChI is InChI=1S/C30H45FN6O4/c1-19(31)21-8-9-27(34-18-21)37-12-5-7-24(37)29(40)36-26(32)15-25(38)30(2,3)16-22-14-20(10-13-41-22)17-35-28(39)23-6-4-11-33-23/h8-9,18,20,22-25,33,38H,1,4-7,10-17H2,2-3H3,(H,35,39)(H2,32,36,40). The molecule has 5 N–H and O–H groups in total. The Bertz CT molecular complexity index is 1100. The molecule has 0 saturated carbocycles. The van der Waals surface area contributed by atoms with E-state index < -0.39 is 23.4 Å². The number of amides is 2. The minimum atomic E-state index is -0.820. The number of anilines is 1. The van der Waals surface area contributed by atoms with Crippen molar-refractivity contribution in [2.45, 2.75) is 89.5 Å². The lowest BCUT2D eigenvalue weighted by Gasteiger charge is -2.37. The smallest absolute Gasteiger partial charge is 0.270 e. The number of ether oxygens (including phenoxy) is 1. The van der Waals surface area contributed by atoms with Crippen molar-refractivity contribution in [1.82, 2.24) is 15.6 Å². The third-order valence-corrected chi connectivity index (χ3v) is 8.62. The van der Waals surface area contributed by atoms with E-state index in [0.717, 1.165) is 38.6 Å². The molecular weight excluding hydrogens is 527 g/mol. The van der Waals surface area contributed by atoms with Gasteiger partial charge in [-0.1, -0.05) is 20.4 Å². The largest absolute Gasteiger partial charge is 0.392 e. The van der Waals surface area contributed by atoms with Crippen molar-refractivity contribution in [2.75, 3.05) is 31.1 Å². The van der Waals surface area contributed by atoms with E-state index in [1.807, 2.05) is 18.7 Å². The number of aliphatic hydroxyl groups excluding tert-OH is 1. The number of rotatable bonds is 11. The quantitative estimate of drug-likeness (QED) is 0.234. The van der Waals surface area contributed by atoms with E-state index in [9.17, 15) is 19.1 Å². The number of nitrogens with zero attached hydrogens (tertiary/aromatic N) is 3. The van der Waals surface area contributed by atoms with Crippen LogP contribution in [0, 0.1) is 11.3 Å². The first-order chi connectivity index (χ1) is 19.5. The third kappa shape index (κ3) is 8.33. The predicted molar refractivity (Wildman–Crippen MR) is 157 cm³/mol.